The number of carbonyl (C=O) groups is 2. The lowest BCUT2D eigenvalue weighted by molar-refractivity contribution is -0.141. The van der Waals surface area contributed by atoms with Crippen LogP contribution in [0.4, 0.5) is 0 Å². The fourth-order valence-corrected chi connectivity index (χ4v) is 4.60. The average Bonchev–Trinajstić information content (AvgIpc) is 2.78. The first-order valence-corrected chi connectivity index (χ1v) is 11.8. The highest BCUT2D eigenvalue weighted by atomic mass is 35.5. The van der Waals surface area contributed by atoms with Crippen molar-refractivity contribution in [2.75, 3.05) is 0 Å². The number of halogens is 2. The third-order valence-electron chi connectivity index (χ3n) is 5.88. The van der Waals surface area contributed by atoms with Gasteiger partial charge >= 0.3 is 0 Å². The van der Waals surface area contributed by atoms with E-state index in [1.165, 1.54) is 6.42 Å². The topological polar surface area (TPSA) is 49.4 Å². The van der Waals surface area contributed by atoms with Crippen LogP contribution < -0.4 is 5.32 Å². The van der Waals surface area contributed by atoms with E-state index < -0.39 is 6.04 Å². The number of carbonyl (C=O) groups excluding carboxylic acids is 2. The minimum absolute atomic E-state index is 0.0780. The Hall–Kier alpha value is -2.04. The van der Waals surface area contributed by atoms with Gasteiger partial charge < -0.3 is 10.2 Å². The molecular formula is C25H30Cl2N2O2. The Morgan fingerprint density at radius 2 is 1.77 bits per heavy atom. The molecule has 1 fully saturated rings. The number of hydrogen-bond donors (Lipinski definition) is 1. The molecule has 0 bridgehead atoms. The first-order chi connectivity index (χ1) is 15.0. The molecule has 2 aromatic carbocycles. The van der Waals surface area contributed by atoms with E-state index in [4.69, 9.17) is 23.2 Å². The van der Waals surface area contributed by atoms with Gasteiger partial charge in [-0.2, -0.15) is 0 Å². The molecule has 2 amide bonds. The molecule has 1 unspecified atom stereocenters. The zero-order valence-corrected chi connectivity index (χ0v) is 19.5. The van der Waals surface area contributed by atoms with Crippen molar-refractivity contribution in [3.63, 3.8) is 0 Å². The number of nitrogens with one attached hydrogen (secondary N) is 1. The van der Waals surface area contributed by atoms with Gasteiger partial charge in [0.2, 0.25) is 11.8 Å². The molecule has 0 aliphatic heterocycles. The van der Waals surface area contributed by atoms with Gasteiger partial charge in [-0.3, -0.25) is 9.59 Å². The normalized spacial score (nSPS) is 15.3. The maximum absolute atomic E-state index is 13.4. The Morgan fingerprint density at radius 1 is 1.06 bits per heavy atom. The minimum Gasteiger partial charge on any atom is -0.352 e. The SMILES string of the molecule is CCC(=O)N(Cc1ccc(Cl)cc1Cl)C(Cc1ccccc1)C(=O)NC1CCCCC1. The minimum atomic E-state index is -0.608. The van der Waals surface area contributed by atoms with Gasteiger partial charge in [0.15, 0.2) is 0 Å². The predicted molar refractivity (Wildman–Crippen MR) is 126 cm³/mol. The molecule has 4 nitrogen and oxygen atoms in total. The van der Waals surface area contributed by atoms with Gasteiger partial charge in [-0.15, -0.1) is 0 Å². The lowest BCUT2D eigenvalue weighted by Gasteiger charge is -2.33. The summed E-state index contributed by atoms with van der Waals surface area (Å²) in [4.78, 5) is 28.1. The number of benzene rings is 2. The van der Waals surface area contributed by atoms with Crippen LogP contribution in [-0.4, -0.2) is 28.8 Å². The van der Waals surface area contributed by atoms with Crippen LogP contribution in [0.2, 0.25) is 10.0 Å². The highest BCUT2D eigenvalue weighted by molar-refractivity contribution is 6.35. The summed E-state index contributed by atoms with van der Waals surface area (Å²) in [6.07, 6.45) is 6.24. The third-order valence-corrected chi connectivity index (χ3v) is 6.47. The van der Waals surface area contributed by atoms with Gasteiger partial charge in [0.1, 0.15) is 6.04 Å². The Labute approximate surface area is 194 Å². The Kier molecular flexibility index (Phi) is 8.79. The Bertz CT molecular complexity index is 882. The lowest BCUT2D eigenvalue weighted by Crippen LogP contribution is -2.52. The zero-order valence-electron chi connectivity index (χ0n) is 17.9. The van der Waals surface area contributed by atoms with E-state index >= 15 is 0 Å². The summed E-state index contributed by atoms with van der Waals surface area (Å²) < 4.78 is 0. The van der Waals surface area contributed by atoms with Crippen molar-refractivity contribution in [2.45, 2.75) is 70.5 Å². The van der Waals surface area contributed by atoms with Crippen molar-refractivity contribution >= 4 is 35.0 Å². The van der Waals surface area contributed by atoms with Crippen LogP contribution in [0.15, 0.2) is 48.5 Å². The molecule has 1 aliphatic rings. The fraction of sp³-hybridized carbons (Fsp3) is 0.440. The molecule has 1 atom stereocenters. The number of rotatable bonds is 8. The van der Waals surface area contributed by atoms with Crippen molar-refractivity contribution in [3.05, 3.63) is 69.7 Å². The summed E-state index contributed by atoms with van der Waals surface area (Å²) in [7, 11) is 0. The largest absolute Gasteiger partial charge is 0.352 e. The molecule has 0 aromatic heterocycles. The molecule has 166 valence electrons. The van der Waals surface area contributed by atoms with E-state index in [9.17, 15) is 9.59 Å². The summed E-state index contributed by atoms with van der Waals surface area (Å²) in [6, 6.07) is 14.6. The maximum atomic E-state index is 13.4. The Morgan fingerprint density at radius 3 is 2.42 bits per heavy atom. The van der Waals surface area contributed by atoms with Gasteiger partial charge in [0.05, 0.1) is 0 Å². The second-order valence-electron chi connectivity index (χ2n) is 8.16. The van der Waals surface area contributed by atoms with Crippen LogP contribution in [0.1, 0.15) is 56.6 Å². The van der Waals surface area contributed by atoms with Crippen molar-refractivity contribution in [1.82, 2.24) is 10.2 Å². The predicted octanol–water partition coefficient (Wildman–Crippen LogP) is 5.79. The van der Waals surface area contributed by atoms with E-state index in [0.717, 1.165) is 36.8 Å². The van der Waals surface area contributed by atoms with Crippen molar-refractivity contribution in [2.24, 2.45) is 0 Å². The van der Waals surface area contributed by atoms with Crippen LogP contribution in [0.25, 0.3) is 0 Å². The molecule has 6 heteroatoms. The molecule has 1 N–H and O–H groups in total. The van der Waals surface area contributed by atoms with Crippen molar-refractivity contribution in [3.8, 4) is 0 Å². The smallest absolute Gasteiger partial charge is 0.243 e. The molecule has 0 saturated heterocycles. The summed E-state index contributed by atoms with van der Waals surface area (Å²) in [5.41, 5.74) is 1.79. The van der Waals surface area contributed by atoms with Crippen LogP contribution in [0.3, 0.4) is 0 Å². The lowest BCUT2D eigenvalue weighted by atomic mass is 9.94. The molecule has 0 radical (unpaired) electrons. The highest BCUT2D eigenvalue weighted by Gasteiger charge is 2.31. The second-order valence-corrected chi connectivity index (χ2v) is 9.00. The van der Waals surface area contributed by atoms with Crippen LogP contribution in [-0.2, 0) is 22.6 Å². The van der Waals surface area contributed by atoms with Gasteiger partial charge in [-0.25, -0.2) is 0 Å². The third kappa shape index (κ3) is 6.72. The maximum Gasteiger partial charge on any atom is 0.243 e. The van der Waals surface area contributed by atoms with Crippen LogP contribution in [0, 0.1) is 0 Å². The molecule has 1 aliphatic carbocycles. The molecule has 2 aromatic rings. The fourth-order valence-electron chi connectivity index (χ4n) is 4.13. The zero-order chi connectivity index (χ0) is 22.2. The number of amides is 2. The van der Waals surface area contributed by atoms with Crippen molar-refractivity contribution < 1.29 is 9.59 Å². The first kappa shape index (κ1) is 23.6. The molecular weight excluding hydrogens is 431 g/mol. The summed E-state index contributed by atoms with van der Waals surface area (Å²) in [5.74, 6) is -0.173. The molecule has 3 rings (SSSR count). The summed E-state index contributed by atoms with van der Waals surface area (Å²) >= 11 is 12.4. The second kappa shape index (κ2) is 11.5. The Balaban J connectivity index is 1.89. The van der Waals surface area contributed by atoms with Gasteiger partial charge in [0.25, 0.3) is 0 Å². The highest BCUT2D eigenvalue weighted by Crippen LogP contribution is 2.25. The molecule has 0 spiro atoms. The monoisotopic (exact) mass is 460 g/mol. The number of hydrogen-bond acceptors (Lipinski definition) is 2. The quantitative estimate of drug-likeness (QED) is 0.541. The molecule has 31 heavy (non-hydrogen) atoms. The number of nitrogens with zero attached hydrogens (tertiary/aromatic N) is 1. The first-order valence-electron chi connectivity index (χ1n) is 11.1. The van der Waals surface area contributed by atoms with Crippen molar-refractivity contribution in [1.29, 1.82) is 0 Å². The van der Waals surface area contributed by atoms with E-state index in [1.807, 2.05) is 43.3 Å². The van der Waals surface area contributed by atoms with Gasteiger partial charge in [0, 0.05) is 35.5 Å². The molecule has 1 saturated carbocycles. The van der Waals surface area contributed by atoms with Crippen LogP contribution >= 0.6 is 23.2 Å². The van der Waals surface area contributed by atoms with E-state index in [1.54, 1.807) is 17.0 Å². The average molecular weight is 461 g/mol. The van der Waals surface area contributed by atoms with Gasteiger partial charge in [-0.1, -0.05) is 85.8 Å². The van der Waals surface area contributed by atoms with Gasteiger partial charge in [-0.05, 0) is 36.1 Å². The summed E-state index contributed by atoms with van der Waals surface area (Å²) in [5, 5.41) is 4.25. The van der Waals surface area contributed by atoms with E-state index in [0.29, 0.717) is 22.9 Å². The van der Waals surface area contributed by atoms with Crippen LogP contribution in [0.5, 0.6) is 0 Å². The summed E-state index contributed by atoms with van der Waals surface area (Å²) in [6.45, 7) is 2.08. The van der Waals surface area contributed by atoms with E-state index in [-0.39, 0.29) is 24.4 Å². The molecule has 0 heterocycles. The van der Waals surface area contributed by atoms with E-state index in [2.05, 4.69) is 5.32 Å². The standard InChI is InChI=1S/C25H30Cl2N2O2/c1-2-24(30)29(17-19-13-14-20(26)16-22(19)27)23(15-18-9-5-3-6-10-18)25(31)28-21-11-7-4-8-12-21/h3,5-6,9-10,13-14,16,21,23H,2,4,7-8,11-12,15,17H2,1H3,(H,28,31).